The number of para-hydroxylation sites is 1. The van der Waals surface area contributed by atoms with E-state index in [2.05, 4.69) is 85.4 Å². The standard InChI is InChI=1S/C24H30N2O/c1-4-6-14-25-24(27)16-21(19-11-9-10-18(3)15-19)22-17-26(5-2)23-13-8-7-12-20(22)23/h7-13,15,17,21H,4-6,14,16H2,1-3H3,(H,25,27). The molecule has 0 bridgehead atoms. The van der Waals surface area contributed by atoms with E-state index in [1.165, 1.54) is 27.6 Å². The summed E-state index contributed by atoms with van der Waals surface area (Å²) < 4.78 is 2.28. The first-order valence-electron chi connectivity index (χ1n) is 10.0. The summed E-state index contributed by atoms with van der Waals surface area (Å²) in [5.74, 6) is 0.188. The van der Waals surface area contributed by atoms with Crippen LogP contribution in [0.2, 0.25) is 0 Å². The molecule has 3 nitrogen and oxygen atoms in total. The highest BCUT2D eigenvalue weighted by Gasteiger charge is 2.22. The van der Waals surface area contributed by atoms with Crippen LogP contribution in [0.25, 0.3) is 10.9 Å². The molecule has 1 unspecified atom stereocenters. The molecule has 1 amide bonds. The van der Waals surface area contributed by atoms with Crippen molar-refractivity contribution in [3.05, 3.63) is 71.4 Å². The third-order valence-electron chi connectivity index (χ3n) is 5.22. The third-order valence-corrected chi connectivity index (χ3v) is 5.22. The smallest absolute Gasteiger partial charge is 0.220 e. The average molecular weight is 363 g/mol. The minimum Gasteiger partial charge on any atom is -0.356 e. The second-order valence-electron chi connectivity index (χ2n) is 7.26. The van der Waals surface area contributed by atoms with Gasteiger partial charge < -0.3 is 9.88 Å². The highest BCUT2D eigenvalue weighted by Crippen LogP contribution is 2.35. The lowest BCUT2D eigenvalue weighted by molar-refractivity contribution is -0.121. The molecular formula is C24H30N2O. The maximum Gasteiger partial charge on any atom is 0.220 e. The zero-order valence-electron chi connectivity index (χ0n) is 16.7. The third kappa shape index (κ3) is 4.41. The summed E-state index contributed by atoms with van der Waals surface area (Å²) in [6, 6.07) is 17.1. The van der Waals surface area contributed by atoms with Crippen LogP contribution in [-0.4, -0.2) is 17.0 Å². The Balaban J connectivity index is 2.01. The van der Waals surface area contributed by atoms with E-state index in [-0.39, 0.29) is 11.8 Å². The Morgan fingerprint density at radius 3 is 2.67 bits per heavy atom. The number of amides is 1. The second kappa shape index (κ2) is 8.90. The Bertz CT molecular complexity index is 910. The molecule has 0 aliphatic carbocycles. The summed E-state index contributed by atoms with van der Waals surface area (Å²) in [6.45, 7) is 8.09. The Morgan fingerprint density at radius 2 is 1.93 bits per heavy atom. The number of nitrogens with zero attached hydrogens (tertiary/aromatic N) is 1. The average Bonchev–Trinajstić information content (AvgIpc) is 3.05. The van der Waals surface area contributed by atoms with Gasteiger partial charge >= 0.3 is 0 Å². The summed E-state index contributed by atoms with van der Waals surface area (Å²) >= 11 is 0. The fourth-order valence-electron chi connectivity index (χ4n) is 3.77. The van der Waals surface area contributed by atoms with Crippen molar-refractivity contribution in [2.24, 2.45) is 0 Å². The number of rotatable bonds is 8. The number of benzene rings is 2. The van der Waals surface area contributed by atoms with Gasteiger partial charge in [0.25, 0.3) is 0 Å². The highest BCUT2D eigenvalue weighted by molar-refractivity contribution is 5.86. The lowest BCUT2D eigenvalue weighted by Gasteiger charge is -2.18. The molecule has 2 aromatic carbocycles. The van der Waals surface area contributed by atoms with Gasteiger partial charge in [-0.3, -0.25) is 4.79 Å². The highest BCUT2D eigenvalue weighted by atomic mass is 16.1. The minimum absolute atomic E-state index is 0.0595. The van der Waals surface area contributed by atoms with E-state index >= 15 is 0 Å². The van der Waals surface area contributed by atoms with E-state index in [0.29, 0.717) is 6.42 Å². The maximum atomic E-state index is 12.7. The first-order chi connectivity index (χ1) is 13.1. The van der Waals surface area contributed by atoms with E-state index in [9.17, 15) is 4.79 Å². The van der Waals surface area contributed by atoms with E-state index in [0.717, 1.165) is 25.9 Å². The van der Waals surface area contributed by atoms with E-state index in [1.807, 2.05) is 0 Å². The van der Waals surface area contributed by atoms with Crippen molar-refractivity contribution in [1.82, 2.24) is 9.88 Å². The van der Waals surface area contributed by atoms with Crippen LogP contribution in [0, 0.1) is 6.92 Å². The monoisotopic (exact) mass is 362 g/mol. The summed E-state index contributed by atoms with van der Waals surface area (Å²) in [5, 5.41) is 4.33. The quantitative estimate of drug-likeness (QED) is 0.534. The topological polar surface area (TPSA) is 34.0 Å². The van der Waals surface area contributed by atoms with Gasteiger partial charge in [0.1, 0.15) is 0 Å². The molecule has 142 valence electrons. The molecule has 0 aliphatic heterocycles. The summed E-state index contributed by atoms with van der Waals surface area (Å²) in [4.78, 5) is 12.7. The van der Waals surface area contributed by atoms with Crippen LogP contribution in [0.1, 0.15) is 55.7 Å². The van der Waals surface area contributed by atoms with Gasteiger partial charge in [0.15, 0.2) is 0 Å². The van der Waals surface area contributed by atoms with Gasteiger partial charge in [0.2, 0.25) is 5.91 Å². The van der Waals surface area contributed by atoms with Crippen LogP contribution in [-0.2, 0) is 11.3 Å². The maximum absolute atomic E-state index is 12.7. The fourth-order valence-corrected chi connectivity index (χ4v) is 3.77. The number of hydrogen-bond donors (Lipinski definition) is 1. The van der Waals surface area contributed by atoms with Gasteiger partial charge in [-0.1, -0.05) is 61.4 Å². The molecule has 0 radical (unpaired) electrons. The van der Waals surface area contributed by atoms with Gasteiger partial charge in [-0.05, 0) is 37.5 Å². The number of fused-ring (bicyclic) bond motifs is 1. The molecule has 1 N–H and O–H groups in total. The van der Waals surface area contributed by atoms with E-state index in [4.69, 9.17) is 0 Å². The molecule has 1 aromatic heterocycles. The Hall–Kier alpha value is -2.55. The van der Waals surface area contributed by atoms with Crippen LogP contribution in [0.5, 0.6) is 0 Å². The zero-order chi connectivity index (χ0) is 19.2. The molecule has 0 saturated carbocycles. The molecule has 1 atom stereocenters. The largest absolute Gasteiger partial charge is 0.356 e. The van der Waals surface area contributed by atoms with Crippen LogP contribution in [0.3, 0.4) is 0 Å². The lowest BCUT2D eigenvalue weighted by atomic mass is 9.87. The number of carbonyl (C=O) groups is 1. The summed E-state index contributed by atoms with van der Waals surface area (Å²) in [5.41, 5.74) is 4.91. The lowest BCUT2D eigenvalue weighted by Crippen LogP contribution is -2.26. The van der Waals surface area contributed by atoms with Crippen molar-refractivity contribution in [3.63, 3.8) is 0 Å². The molecule has 1 heterocycles. The number of hydrogen-bond acceptors (Lipinski definition) is 1. The van der Waals surface area contributed by atoms with Crippen molar-refractivity contribution in [2.75, 3.05) is 6.54 Å². The second-order valence-corrected chi connectivity index (χ2v) is 7.26. The van der Waals surface area contributed by atoms with Crippen molar-refractivity contribution in [1.29, 1.82) is 0 Å². The molecular weight excluding hydrogens is 332 g/mol. The first kappa shape index (κ1) is 19.2. The van der Waals surface area contributed by atoms with Crippen LogP contribution in [0.4, 0.5) is 0 Å². The number of aromatic nitrogens is 1. The van der Waals surface area contributed by atoms with Gasteiger partial charge in [-0.15, -0.1) is 0 Å². The minimum atomic E-state index is 0.0595. The molecule has 27 heavy (non-hydrogen) atoms. The van der Waals surface area contributed by atoms with Gasteiger partial charge in [-0.2, -0.15) is 0 Å². The van der Waals surface area contributed by atoms with Crippen LogP contribution >= 0.6 is 0 Å². The molecule has 0 saturated heterocycles. The first-order valence-corrected chi connectivity index (χ1v) is 10.0. The number of aryl methyl sites for hydroxylation is 2. The van der Waals surface area contributed by atoms with Gasteiger partial charge in [0, 0.05) is 42.5 Å². The zero-order valence-corrected chi connectivity index (χ0v) is 16.7. The van der Waals surface area contributed by atoms with E-state index < -0.39 is 0 Å². The number of carbonyl (C=O) groups excluding carboxylic acids is 1. The molecule has 0 spiro atoms. The van der Waals surface area contributed by atoms with Crippen molar-refractivity contribution in [3.8, 4) is 0 Å². The molecule has 0 aliphatic rings. The summed E-state index contributed by atoms with van der Waals surface area (Å²) in [7, 11) is 0. The fraction of sp³-hybridized carbons (Fsp3) is 0.375. The Kier molecular flexibility index (Phi) is 6.33. The van der Waals surface area contributed by atoms with Crippen molar-refractivity contribution in [2.45, 2.75) is 52.5 Å². The molecule has 3 rings (SSSR count). The van der Waals surface area contributed by atoms with Crippen molar-refractivity contribution >= 4 is 16.8 Å². The Labute approximate surface area is 162 Å². The SMILES string of the molecule is CCCCNC(=O)CC(c1cccc(C)c1)c1cn(CC)c2ccccc12. The normalized spacial score (nSPS) is 12.3. The number of unbranched alkanes of at least 4 members (excludes halogenated alkanes) is 1. The molecule has 3 heteroatoms. The van der Waals surface area contributed by atoms with Gasteiger partial charge in [-0.25, -0.2) is 0 Å². The van der Waals surface area contributed by atoms with Crippen LogP contribution in [0.15, 0.2) is 54.7 Å². The summed E-state index contributed by atoms with van der Waals surface area (Å²) in [6.07, 6.45) is 4.82. The van der Waals surface area contributed by atoms with Crippen LogP contribution < -0.4 is 5.32 Å². The molecule has 0 fully saturated rings. The van der Waals surface area contributed by atoms with Crippen molar-refractivity contribution < 1.29 is 4.79 Å². The Morgan fingerprint density at radius 1 is 1.11 bits per heavy atom. The van der Waals surface area contributed by atoms with Gasteiger partial charge in [0.05, 0.1) is 0 Å². The molecule has 3 aromatic rings. The predicted molar refractivity (Wildman–Crippen MR) is 113 cm³/mol. The van der Waals surface area contributed by atoms with E-state index in [1.54, 1.807) is 0 Å². The number of nitrogens with one attached hydrogen (secondary N) is 1. The predicted octanol–water partition coefficient (Wildman–Crippen LogP) is 5.41.